The van der Waals surface area contributed by atoms with Crippen LogP contribution in [0.1, 0.15) is 41.6 Å². The summed E-state index contributed by atoms with van der Waals surface area (Å²) in [7, 11) is 0. The van der Waals surface area contributed by atoms with E-state index in [-0.39, 0.29) is 5.91 Å². The smallest absolute Gasteiger partial charge is 0.287 e. The van der Waals surface area contributed by atoms with Crippen molar-refractivity contribution in [3.8, 4) is 0 Å². The Balaban J connectivity index is 2.11. The molecule has 0 saturated carbocycles. The Hall–Kier alpha value is -2.10. The van der Waals surface area contributed by atoms with Crippen molar-refractivity contribution in [2.75, 3.05) is 6.54 Å². The van der Waals surface area contributed by atoms with Crippen LogP contribution in [-0.2, 0) is 6.54 Å². The molecular formula is C16H21N3O. The topological polar surface area (TPSA) is 46.9 Å². The predicted molar refractivity (Wildman–Crippen MR) is 79.7 cm³/mol. The Labute approximate surface area is 119 Å². The number of rotatable bonds is 6. The molecule has 1 aromatic carbocycles. The maximum absolute atomic E-state index is 12.1. The molecule has 0 unspecified atom stereocenters. The van der Waals surface area contributed by atoms with Crippen LogP contribution < -0.4 is 5.32 Å². The second kappa shape index (κ2) is 6.89. The zero-order chi connectivity index (χ0) is 14.4. The molecule has 0 aliphatic heterocycles. The standard InChI is InChI=1S/C16H21N3O/c1-3-4-10-17-16(20)15-18-13(2)11-19(15)12-14-8-6-5-7-9-14/h5-9,11H,3-4,10,12H2,1-2H3,(H,17,20). The van der Waals surface area contributed by atoms with E-state index in [1.807, 2.05) is 48.0 Å². The number of aromatic nitrogens is 2. The monoisotopic (exact) mass is 271 g/mol. The maximum Gasteiger partial charge on any atom is 0.287 e. The minimum atomic E-state index is -0.0949. The number of amides is 1. The summed E-state index contributed by atoms with van der Waals surface area (Å²) < 4.78 is 1.91. The summed E-state index contributed by atoms with van der Waals surface area (Å²) in [5, 5.41) is 2.92. The van der Waals surface area contributed by atoms with E-state index in [1.54, 1.807) is 0 Å². The normalized spacial score (nSPS) is 10.5. The molecule has 4 nitrogen and oxygen atoms in total. The number of aryl methyl sites for hydroxylation is 1. The first-order valence-corrected chi connectivity index (χ1v) is 7.06. The lowest BCUT2D eigenvalue weighted by atomic mass is 10.2. The molecule has 0 aliphatic rings. The van der Waals surface area contributed by atoms with Gasteiger partial charge < -0.3 is 9.88 Å². The van der Waals surface area contributed by atoms with Crippen molar-refractivity contribution in [1.29, 1.82) is 0 Å². The summed E-state index contributed by atoms with van der Waals surface area (Å²) in [5.41, 5.74) is 2.02. The van der Waals surface area contributed by atoms with Crippen LogP contribution in [0, 0.1) is 6.92 Å². The third kappa shape index (κ3) is 3.70. The molecule has 106 valence electrons. The first-order valence-electron chi connectivity index (χ1n) is 7.06. The van der Waals surface area contributed by atoms with Gasteiger partial charge in [0.25, 0.3) is 5.91 Å². The van der Waals surface area contributed by atoms with E-state index in [9.17, 15) is 4.79 Å². The van der Waals surface area contributed by atoms with Gasteiger partial charge in [-0.3, -0.25) is 4.79 Å². The van der Waals surface area contributed by atoms with Crippen LogP contribution in [-0.4, -0.2) is 22.0 Å². The van der Waals surface area contributed by atoms with E-state index in [1.165, 1.54) is 0 Å². The Morgan fingerprint density at radius 1 is 1.30 bits per heavy atom. The van der Waals surface area contributed by atoms with Gasteiger partial charge in [0, 0.05) is 19.3 Å². The van der Waals surface area contributed by atoms with Crippen molar-refractivity contribution in [2.45, 2.75) is 33.2 Å². The Morgan fingerprint density at radius 2 is 2.05 bits per heavy atom. The van der Waals surface area contributed by atoms with E-state index in [0.29, 0.717) is 18.9 Å². The quantitative estimate of drug-likeness (QED) is 0.821. The Kier molecular flexibility index (Phi) is 4.93. The van der Waals surface area contributed by atoms with Crippen molar-refractivity contribution >= 4 is 5.91 Å². The van der Waals surface area contributed by atoms with Gasteiger partial charge in [-0.25, -0.2) is 4.98 Å². The molecule has 1 aromatic heterocycles. The second-order valence-electron chi connectivity index (χ2n) is 4.93. The van der Waals surface area contributed by atoms with E-state index in [4.69, 9.17) is 0 Å². The summed E-state index contributed by atoms with van der Waals surface area (Å²) in [5.74, 6) is 0.393. The molecule has 4 heteroatoms. The first kappa shape index (κ1) is 14.3. The SMILES string of the molecule is CCCCNC(=O)c1nc(C)cn1Cc1ccccc1. The van der Waals surface area contributed by atoms with Gasteiger partial charge in [-0.2, -0.15) is 0 Å². The van der Waals surface area contributed by atoms with Gasteiger partial charge in [-0.1, -0.05) is 43.7 Å². The minimum Gasteiger partial charge on any atom is -0.349 e. The third-order valence-electron chi connectivity index (χ3n) is 3.11. The average molecular weight is 271 g/mol. The third-order valence-corrected chi connectivity index (χ3v) is 3.11. The van der Waals surface area contributed by atoms with E-state index in [2.05, 4.69) is 17.2 Å². The minimum absolute atomic E-state index is 0.0949. The number of imidazole rings is 1. The van der Waals surface area contributed by atoms with Gasteiger partial charge in [0.1, 0.15) is 0 Å². The fourth-order valence-electron chi connectivity index (χ4n) is 2.09. The predicted octanol–water partition coefficient (Wildman–Crippen LogP) is 2.77. The summed E-state index contributed by atoms with van der Waals surface area (Å²) in [6, 6.07) is 10.1. The number of nitrogens with one attached hydrogen (secondary N) is 1. The maximum atomic E-state index is 12.1. The van der Waals surface area contributed by atoms with Crippen LogP contribution in [0.2, 0.25) is 0 Å². The number of hydrogen-bond acceptors (Lipinski definition) is 2. The molecule has 1 heterocycles. The van der Waals surface area contributed by atoms with Crippen molar-refractivity contribution in [2.24, 2.45) is 0 Å². The lowest BCUT2D eigenvalue weighted by molar-refractivity contribution is 0.0939. The number of carbonyl (C=O) groups is 1. The van der Waals surface area contributed by atoms with Crippen LogP contribution in [0.5, 0.6) is 0 Å². The van der Waals surface area contributed by atoms with Gasteiger partial charge in [0.15, 0.2) is 5.82 Å². The summed E-state index contributed by atoms with van der Waals surface area (Å²) in [4.78, 5) is 16.5. The number of carbonyl (C=O) groups excluding carboxylic acids is 1. The van der Waals surface area contributed by atoms with E-state index >= 15 is 0 Å². The highest BCUT2D eigenvalue weighted by Gasteiger charge is 2.14. The largest absolute Gasteiger partial charge is 0.349 e. The molecule has 0 fully saturated rings. The highest BCUT2D eigenvalue weighted by molar-refractivity contribution is 5.90. The Bertz CT molecular complexity index is 560. The molecule has 0 radical (unpaired) electrons. The fraction of sp³-hybridized carbons (Fsp3) is 0.375. The van der Waals surface area contributed by atoms with Gasteiger partial charge >= 0.3 is 0 Å². The summed E-state index contributed by atoms with van der Waals surface area (Å²) in [6.07, 6.45) is 3.98. The number of benzene rings is 1. The number of nitrogens with zero attached hydrogens (tertiary/aromatic N) is 2. The number of hydrogen-bond donors (Lipinski definition) is 1. The molecular weight excluding hydrogens is 250 g/mol. The highest BCUT2D eigenvalue weighted by Crippen LogP contribution is 2.08. The second-order valence-corrected chi connectivity index (χ2v) is 4.93. The van der Waals surface area contributed by atoms with Crippen LogP contribution in [0.4, 0.5) is 0 Å². The fourth-order valence-corrected chi connectivity index (χ4v) is 2.09. The average Bonchev–Trinajstić information content (AvgIpc) is 2.81. The zero-order valence-corrected chi connectivity index (χ0v) is 12.1. The lowest BCUT2D eigenvalue weighted by Gasteiger charge is -2.08. The van der Waals surface area contributed by atoms with Gasteiger partial charge in [0.05, 0.1) is 5.69 Å². The van der Waals surface area contributed by atoms with Crippen LogP contribution in [0.25, 0.3) is 0 Å². The molecule has 0 atom stereocenters. The molecule has 0 bridgehead atoms. The Morgan fingerprint density at radius 3 is 2.75 bits per heavy atom. The molecule has 0 saturated heterocycles. The lowest BCUT2D eigenvalue weighted by Crippen LogP contribution is -2.27. The highest BCUT2D eigenvalue weighted by atomic mass is 16.2. The van der Waals surface area contributed by atoms with Gasteiger partial charge in [0.2, 0.25) is 0 Å². The molecule has 1 amide bonds. The summed E-state index contributed by atoms with van der Waals surface area (Å²) in [6.45, 7) is 5.38. The summed E-state index contributed by atoms with van der Waals surface area (Å²) >= 11 is 0. The van der Waals surface area contributed by atoms with Crippen molar-refractivity contribution in [3.05, 3.63) is 53.6 Å². The molecule has 0 spiro atoms. The molecule has 20 heavy (non-hydrogen) atoms. The van der Waals surface area contributed by atoms with Crippen LogP contribution in [0.15, 0.2) is 36.5 Å². The van der Waals surface area contributed by atoms with Crippen molar-refractivity contribution in [3.63, 3.8) is 0 Å². The van der Waals surface area contributed by atoms with Crippen molar-refractivity contribution < 1.29 is 4.79 Å². The van der Waals surface area contributed by atoms with E-state index < -0.39 is 0 Å². The van der Waals surface area contributed by atoms with Gasteiger partial charge in [-0.15, -0.1) is 0 Å². The molecule has 2 rings (SSSR count). The van der Waals surface area contributed by atoms with Crippen molar-refractivity contribution in [1.82, 2.24) is 14.9 Å². The van der Waals surface area contributed by atoms with Crippen LogP contribution >= 0.6 is 0 Å². The molecule has 2 aromatic rings. The van der Waals surface area contributed by atoms with Gasteiger partial charge in [-0.05, 0) is 18.9 Å². The molecule has 1 N–H and O–H groups in total. The zero-order valence-electron chi connectivity index (χ0n) is 12.1. The number of unbranched alkanes of at least 4 members (excludes halogenated alkanes) is 1. The van der Waals surface area contributed by atoms with Crippen LogP contribution in [0.3, 0.4) is 0 Å². The first-order chi connectivity index (χ1) is 9.70. The van der Waals surface area contributed by atoms with E-state index in [0.717, 1.165) is 24.1 Å². The molecule has 0 aliphatic carbocycles.